The van der Waals surface area contributed by atoms with E-state index < -0.39 is 0 Å². The quantitative estimate of drug-likeness (QED) is 0.793. The molecule has 17 heavy (non-hydrogen) atoms. The van der Waals surface area contributed by atoms with E-state index in [0.717, 1.165) is 17.9 Å². The Labute approximate surface area is 101 Å². The molecule has 0 radical (unpaired) electrons. The number of hydrogen-bond acceptors (Lipinski definition) is 2. The molecule has 0 spiro atoms. The van der Waals surface area contributed by atoms with Gasteiger partial charge >= 0.3 is 0 Å². The molecule has 0 amide bonds. The van der Waals surface area contributed by atoms with Crippen molar-refractivity contribution in [2.45, 2.75) is 19.3 Å². The van der Waals surface area contributed by atoms with Gasteiger partial charge in [-0.2, -0.15) is 0 Å². The lowest BCUT2D eigenvalue weighted by Crippen LogP contribution is -1.92. The minimum atomic E-state index is 0.674. The smallest absolute Gasteiger partial charge is 0.150 e. The molecule has 2 heteroatoms. The van der Waals surface area contributed by atoms with E-state index in [9.17, 15) is 0 Å². The van der Waals surface area contributed by atoms with E-state index in [0.29, 0.717) is 5.69 Å². The monoisotopic (exact) mass is 225 g/mol. The third-order valence-corrected chi connectivity index (χ3v) is 3.22. The van der Waals surface area contributed by atoms with Gasteiger partial charge in [-0.15, -0.1) is 0 Å². The highest BCUT2D eigenvalue weighted by atomic mass is 16.5. The van der Waals surface area contributed by atoms with Crippen molar-refractivity contribution in [1.29, 1.82) is 0 Å². The summed E-state index contributed by atoms with van der Waals surface area (Å²) in [6.45, 7) is 0. The summed E-state index contributed by atoms with van der Waals surface area (Å²) >= 11 is 0. The molecule has 2 aromatic rings. The molecule has 0 saturated carbocycles. The fourth-order valence-electron chi connectivity index (χ4n) is 2.31. The van der Waals surface area contributed by atoms with Crippen molar-refractivity contribution < 1.29 is 4.74 Å². The van der Waals surface area contributed by atoms with Crippen LogP contribution in [-0.2, 0) is 12.8 Å². The van der Waals surface area contributed by atoms with Crippen LogP contribution in [0, 0.1) is 0 Å². The van der Waals surface area contributed by atoms with Gasteiger partial charge in [-0.1, -0.05) is 18.2 Å². The van der Waals surface area contributed by atoms with Gasteiger partial charge in [0.1, 0.15) is 11.5 Å². The van der Waals surface area contributed by atoms with Crippen molar-refractivity contribution in [1.82, 2.24) is 0 Å². The predicted octanol–water partition coefficient (Wildman–Crippen LogP) is 3.55. The van der Waals surface area contributed by atoms with E-state index in [-0.39, 0.29) is 0 Å². The average molecular weight is 225 g/mol. The summed E-state index contributed by atoms with van der Waals surface area (Å²) in [6, 6.07) is 13.9. The summed E-state index contributed by atoms with van der Waals surface area (Å²) in [5.74, 6) is 1.61. The number of nitrogens with two attached hydrogens (primary N) is 1. The van der Waals surface area contributed by atoms with Gasteiger partial charge in [-0.3, -0.25) is 0 Å². The fraction of sp³-hybridized carbons (Fsp3) is 0.200. The Balaban J connectivity index is 1.89. The zero-order valence-electron chi connectivity index (χ0n) is 9.65. The molecule has 3 rings (SSSR count). The van der Waals surface area contributed by atoms with Crippen molar-refractivity contribution in [3.8, 4) is 11.5 Å². The number of hydrogen-bond donors (Lipinski definition) is 1. The Morgan fingerprint density at radius 1 is 0.941 bits per heavy atom. The zero-order chi connectivity index (χ0) is 11.7. The molecule has 0 aliphatic heterocycles. The van der Waals surface area contributed by atoms with Crippen LogP contribution >= 0.6 is 0 Å². The van der Waals surface area contributed by atoms with Gasteiger partial charge in [0.15, 0.2) is 0 Å². The lowest BCUT2D eigenvalue weighted by Gasteiger charge is -2.09. The molecule has 2 aromatic carbocycles. The molecule has 0 bridgehead atoms. The van der Waals surface area contributed by atoms with Gasteiger partial charge < -0.3 is 10.5 Å². The number of ether oxygens (including phenoxy) is 1. The van der Waals surface area contributed by atoms with Gasteiger partial charge in [0.25, 0.3) is 0 Å². The summed E-state index contributed by atoms with van der Waals surface area (Å²) in [4.78, 5) is 0. The highest BCUT2D eigenvalue weighted by Gasteiger charge is 2.11. The molecule has 0 saturated heterocycles. The molecule has 0 fully saturated rings. The number of aryl methyl sites for hydroxylation is 2. The van der Waals surface area contributed by atoms with Crippen molar-refractivity contribution >= 4 is 5.69 Å². The van der Waals surface area contributed by atoms with Crippen LogP contribution in [0.2, 0.25) is 0 Å². The van der Waals surface area contributed by atoms with Gasteiger partial charge in [0, 0.05) is 0 Å². The van der Waals surface area contributed by atoms with E-state index in [1.165, 1.54) is 24.0 Å². The van der Waals surface area contributed by atoms with E-state index in [4.69, 9.17) is 10.5 Å². The Morgan fingerprint density at radius 3 is 2.65 bits per heavy atom. The van der Waals surface area contributed by atoms with Crippen LogP contribution < -0.4 is 10.5 Å². The summed E-state index contributed by atoms with van der Waals surface area (Å²) in [5, 5.41) is 0. The van der Waals surface area contributed by atoms with Crippen LogP contribution in [0.5, 0.6) is 11.5 Å². The van der Waals surface area contributed by atoms with E-state index >= 15 is 0 Å². The van der Waals surface area contributed by atoms with Crippen molar-refractivity contribution in [2.75, 3.05) is 5.73 Å². The van der Waals surface area contributed by atoms with Crippen molar-refractivity contribution in [2.24, 2.45) is 0 Å². The second-order valence-corrected chi connectivity index (χ2v) is 4.42. The van der Waals surface area contributed by atoms with Crippen LogP contribution in [0.3, 0.4) is 0 Å². The number of nitrogen functional groups attached to an aromatic ring is 1. The lowest BCUT2D eigenvalue weighted by molar-refractivity contribution is 0.484. The summed E-state index contributed by atoms with van der Waals surface area (Å²) in [6.07, 6.45) is 3.62. The maximum Gasteiger partial charge on any atom is 0.150 e. The molecule has 0 heterocycles. The number of rotatable bonds is 2. The summed E-state index contributed by atoms with van der Waals surface area (Å²) < 4.78 is 5.81. The van der Waals surface area contributed by atoms with E-state index in [1.807, 2.05) is 30.3 Å². The fourth-order valence-corrected chi connectivity index (χ4v) is 2.31. The maximum absolute atomic E-state index is 5.86. The Morgan fingerprint density at radius 2 is 1.76 bits per heavy atom. The Hall–Kier alpha value is -1.96. The first-order valence-electron chi connectivity index (χ1n) is 5.97. The highest BCUT2D eigenvalue weighted by molar-refractivity contribution is 5.54. The first kappa shape index (κ1) is 10.2. The van der Waals surface area contributed by atoms with Crippen LogP contribution in [0.1, 0.15) is 17.5 Å². The molecule has 1 aliphatic carbocycles. The molecular formula is C15H15NO. The van der Waals surface area contributed by atoms with Gasteiger partial charge in [-0.05, 0) is 54.7 Å². The van der Waals surface area contributed by atoms with Crippen LogP contribution in [0.4, 0.5) is 5.69 Å². The van der Waals surface area contributed by atoms with Crippen LogP contribution in [-0.4, -0.2) is 0 Å². The topological polar surface area (TPSA) is 35.2 Å². The van der Waals surface area contributed by atoms with E-state index in [2.05, 4.69) is 12.1 Å². The Kier molecular flexibility index (Phi) is 2.48. The first-order valence-corrected chi connectivity index (χ1v) is 5.97. The minimum absolute atomic E-state index is 0.674. The normalized spacial score (nSPS) is 13.4. The molecule has 1 aliphatic rings. The molecule has 0 atom stereocenters. The van der Waals surface area contributed by atoms with Gasteiger partial charge in [0.2, 0.25) is 0 Å². The first-order chi connectivity index (χ1) is 8.33. The second-order valence-electron chi connectivity index (χ2n) is 4.42. The average Bonchev–Trinajstić information content (AvgIpc) is 2.79. The van der Waals surface area contributed by atoms with Gasteiger partial charge in [0.05, 0.1) is 5.69 Å². The van der Waals surface area contributed by atoms with Crippen LogP contribution in [0.15, 0.2) is 42.5 Å². The number of para-hydroxylation sites is 2. The lowest BCUT2D eigenvalue weighted by atomic mass is 10.1. The predicted molar refractivity (Wildman–Crippen MR) is 69.4 cm³/mol. The van der Waals surface area contributed by atoms with Crippen molar-refractivity contribution in [3.63, 3.8) is 0 Å². The molecular weight excluding hydrogens is 210 g/mol. The molecule has 2 N–H and O–H groups in total. The largest absolute Gasteiger partial charge is 0.455 e. The van der Waals surface area contributed by atoms with E-state index in [1.54, 1.807) is 0 Å². The molecule has 2 nitrogen and oxygen atoms in total. The standard InChI is InChI=1S/C15H15NO/c16-14-6-1-2-7-15(14)17-13-9-8-11-4-3-5-12(11)10-13/h1-2,6-10H,3-5,16H2. The minimum Gasteiger partial charge on any atom is -0.455 e. The highest BCUT2D eigenvalue weighted by Crippen LogP contribution is 2.31. The molecule has 0 aromatic heterocycles. The van der Waals surface area contributed by atoms with Gasteiger partial charge in [-0.25, -0.2) is 0 Å². The summed E-state index contributed by atoms with van der Waals surface area (Å²) in [5.41, 5.74) is 9.40. The number of anilines is 1. The third-order valence-electron chi connectivity index (χ3n) is 3.22. The zero-order valence-corrected chi connectivity index (χ0v) is 9.65. The summed E-state index contributed by atoms with van der Waals surface area (Å²) in [7, 11) is 0. The third kappa shape index (κ3) is 1.98. The number of benzene rings is 2. The Bertz CT molecular complexity index is 548. The maximum atomic E-state index is 5.86. The SMILES string of the molecule is Nc1ccccc1Oc1ccc2c(c1)CCC2. The second kappa shape index (κ2) is 4.13. The molecule has 86 valence electrons. The molecule has 0 unspecified atom stereocenters. The van der Waals surface area contributed by atoms with Crippen LogP contribution in [0.25, 0.3) is 0 Å². The van der Waals surface area contributed by atoms with Crippen molar-refractivity contribution in [3.05, 3.63) is 53.6 Å². The number of fused-ring (bicyclic) bond motifs is 1.